The predicted octanol–water partition coefficient (Wildman–Crippen LogP) is 1.78. The number of amides is 1. The largest absolute Gasteiger partial charge is 0.444 e. The van der Waals surface area contributed by atoms with Crippen LogP contribution >= 0.6 is 11.3 Å². The maximum Gasteiger partial charge on any atom is 0.413 e. The number of H-pyrrole nitrogens is 1. The van der Waals surface area contributed by atoms with Crippen LogP contribution in [0.5, 0.6) is 0 Å². The minimum Gasteiger partial charge on any atom is -0.444 e. The third-order valence-corrected chi connectivity index (χ3v) is 1.83. The first-order valence-electron chi connectivity index (χ1n) is 4.04. The standard InChI is InChI=1S/C8H12N2O3S/c1-8(2,3)13-6(11)9-5-4-14-7(12)10-5/h4H,1-3H3,(H,9,11)(H,10,12). The SMILES string of the molecule is CC(C)(C)OC(=O)Nc1csc(=O)[nH]1. The smallest absolute Gasteiger partial charge is 0.413 e. The minimum atomic E-state index is -0.577. The van der Waals surface area contributed by atoms with E-state index in [1.807, 2.05) is 0 Å². The zero-order valence-electron chi connectivity index (χ0n) is 8.21. The Kier molecular flexibility index (Phi) is 2.95. The van der Waals surface area contributed by atoms with Crippen molar-refractivity contribution in [1.29, 1.82) is 0 Å². The fourth-order valence-corrected chi connectivity index (χ4v) is 1.27. The molecule has 0 atom stereocenters. The summed E-state index contributed by atoms with van der Waals surface area (Å²) in [5, 5.41) is 3.93. The van der Waals surface area contributed by atoms with Crippen molar-refractivity contribution >= 4 is 23.2 Å². The molecule has 5 nitrogen and oxygen atoms in total. The Morgan fingerprint density at radius 2 is 2.21 bits per heavy atom. The first-order valence-corrected chi connectivity index (χ1v) is 4.92. The van der Waals surface area contributed by atoms with Gasteiger partial charge in [0.05, 0.1) is 0 Å². The number of nitrogens with one attached hydrogen (secondary N) is 2. The van der Waals surface area contributed by atoms with Gasteiger partial charge in [0, 0.05) is 5.38 Å². The third-order valence-electron chi connectivity index (χ3n) is 1.16. The number of anilines is 1. The van der Waals surface area contributed by atoms with E-state index in [0.717, 1.165) is 11.3 Å². The number of aromatic nitrogens is 1. The van der Waals surface area contributed by atoms with Crippen LogP contribution in [0.2, 0.25) is 0 Å². The molecule has 1 amide bonds. The Bertz CT molecular complexity index is 374. The highest BCUT2D eigenvalue weighted by Crippen LogP contribution is 2.09. The van der Waals surface area contributed by atoms with Crippen LogP contribution in [0.4, 0.5) is 10.6 Å². The molecular weight excluding hydrogens is 204 g/mol. The zero-order valence-corrected chi connectivity index (χ0v) is 9.03. The van der Waals surface area contributed by atoms with E-state index in [1.54, 1.807) is 20.8 Å². The molecule has 1 aromatic heterocycles. The van der Waals surface area contributed by atoms with Crippen LogP contribution in [0.3, 0.4) is 0 Å². The molecule has 0 aliphatic heterocycles. The number of rotatable bonds is 1. The van der Waals surface area contributed by atoms with Gasteiger partial charge in [-0.15, -0.1) is 0 Å². The van der Waals surface area contributed by atoms with Crippen molar-refractivity contribution in [2.45, 2.75) is 26.4 Å². The van der Waals surface area contributed by atoms with Crippen LogP contribution in [0.25, 0.3) is 0 Å². The first kappa shape index (κ1) is 10.8. The lowest BCUT2D eigenvalue weighted by molar-refractivity contribution is 0.0635. The van der Waals surface area contributed by atoms with Gasteiger partial charge in [0.1, 0.15) is 11.4 Å². The van der Waals surface area contributed by atoms with Gasteiger partial charge in [-0.1, -0.05) is 11.3 Å². The molecule has 0 fully saturated rings. The van der Waals surface area contributed by atoms with Crippen molar-refractivity contribution in [3.63, 3.8) is 0 Å². The summed E-state index contributed by atoms with van der Waals surface area (Å²) in [6.45, 7) is 5.30. The molecular formula is C8H12N2O3S. The van der Waals surface area contributed by atoms with Crippen molar-refractivity contribution in [3.05, 3.63) is 15.0 Å². The van der Waals surface area contributed by atoms with Crippen molar-refractivity contribution < 1.29 is 9.53 Å². The number of carbonyl (C=O) groups is 1. The fraction of sp³-hybridized carbons (Fsp3) is 0.500. The molecule has 0 unspecified atom stereocenters. The molecule has 0 radical (unpaired) electrons. The molecule has 0 aliphatic rings. The fourth-order valence-electron chi connectivity index (χ4n) is 0.756. The van der Waals surface area contributed by atoms with Crippen molar-refractivity contribution in [1.82, 2.24) is 4.98 Å². The Hall–Kier alpha value is -1.30. The van der Waals surface area contributed by atoms with E-state index in [-0.39, 0.29) is 4.87 Å². The quantitative estimate of drug-likeness (QED) is 0.751. The molecule has 1 aromatic rings. The maximum absolute atomic E-state index is 11.2. The Morgan fingerprint density at radius 3 is 2.64 bits per heavy atom. The lowest BCUT2D eigenvalue weighted by Crippen LogP contribution is -2.27. The van der Waals surface area contributed by atoms with Crippen LogP contribution in [-0.2, 0) is 4.74 Å². The highest BCUT2D eigenvalue weighted by Gasteiger charge is 2.16. The molecule has 0 bridgehead atoms. The molecule has 0 saturated carbocycles. The third kappa shape index (κ3) is 3.61. The van der Waals surface area contributed by atoms with Gasteiger partial charge >= 0.3 is 11.0 Å². The van der Waals surface area contributed by atoms with E-state index in [4.69, 9.17) is 4.74 Å². The average molecular weight is 216 g/mol. The van der Waals surface area contributed by atoms with Gasteiger partial charge in [0.25, 0.3) is 0 Å². The first-order chi connectivity index (χ1) is 6.37. The van der Waals surface area contributed by atoms with E-state index < -0.39 is 11.7 Å². The van der Waals surface area contributed by atoms with Gasteiger partial charge in [0.15, 0.2) is 0 Å². The van der Waals surface area contributed by atoms with Gasteiger partial charge in [-0.25, -0.2) is 4.79 Å². The number of hydrogen-bond donors (Lipinski definition) is 2. The lowest BCUT2D eigenvalue weighted by Gasteiger charge is -2.19. The molecule has 1 heterocycles. The lowest BCUT2D eigenvalue weighted by atomic mass is 10.2. The summed E-state index contributed by atoms with van der Waals surface area (Å²) in [5.74, 6) is 0.356. The van der Waals surface area contributed by atoms with E-state index in [2.05, 4.69) is 10.3 Å². The van der Waals surface area contributed by atoms with Crippen LogP contribution < -0.4 is 10.2 Å². The normalized spacial score (nSPS) is 11.1. The molecule has 2 N–H and O–H groups in total. The highest BCUT2D eigenvalue weighted by atomic mass is 32.1. The van der Waals surface area contributed by atoms with E-state index in [1.165, 1.54) is 5.38 Å². The Morgan fingerprint density at radius 1 is 1.57 bits per heavy atom. The summed E-state index contributed by atoms with van der Waals surface area (Å²) in [5.41, 5.74) is -0.541. The summed E-state index contributed by atoms with van der Waals surface area (Å²) in [6.07, 6.45) is -0.577. The molecule has 6 heteroatoms. The molecule has 0 spiro atoms. The number of ether oxygens (including phenoxy) is 1. The van der Waals surface area contributed by atoms with Crippen LogP contribution in [0.15, 0.2) is 10.2 Å². The highest BCUT2D eigenvalue weighted by molar-refractivity contribution is 7.07. The molecule has 0 aliphatic carbocycles. The Balaban J connectivity index is 2.54. The number of aromatic amines is 1. The van der Waals surface area contributed by atoms with Gasteiger partial charge in [0.2, 0.25) is 0 Å². The van der Waals surface area contributed by atoms with E-state index in [0.29, 0.717) is 5.82 Å². The minimum absolute atomic E-state index is 0.212. The Labute approximate surface area is 85.1 Å². The second-order valence-electron chi connectivity index (χ2n) is 3.69. The number of thiazole rings is 1. The topological polar surface area (TPSA) is 71.2 Å². The molecule has 78 valence electrons. The molecule has 14 heavy (non-hydrogen) atoms. The van der Waals surface area contributed by atoms with E-state index >= 15 is 0 Å². The zero-order chi connectivity index (χ0) is 10.8. The molecule has 0 aromatic carbocycles. The van der Waals surface area contributed by atoms with Crippen molar-refractivity contribution in [3.8, 4) is 0 Å². The van der Waals surface area contributed by atoms with Crippen molar-refractivity contribution in [2.24, 2.45) is 0 Å². The number of hydrogen-bond acceptors (Lipinski definition) is 4. The second-order valence-corrected chi connectivity index (χ2v) is 4.53. The average Bonchev–Trinajstić information content (AvgIpc) is 2.30. The molecule has 0 saturated heterocycles. The van der Waals surface area contributed by atoms with Gasteiger partial charge in [-0.05, 0) is 20.8 Å². The van der Waals surface area contributed by atoms with Crippen LogP contribution in [0, 0.1) is 0 Å². The number of carbonyl (C=O) groups excluding carboxylic acids is 1. The van der Waals surface area contributed by atoms with E-state index in [9.17, 15) is 9.59 Å². The van der Waals surface area contributed by atoms with Crippen LogP contribution in [0.1, 0.15) is 20.8 Å². The second kappa shape index (κ2) is 3.83. The van der Waals surface area contributed by atoms with Gasteiger partial charge in [-0.3, -0.25) is 15.1 Å². The summed E-state index contributed by atoms with van der Waals surface area (Å²) in [7, 11) is 0. The van der Waals surface area contributed by atoms with Gasteiger partial charge < -0.3 is 4.74 Å². The molecule has 1 rings (SSSR count). The predicted molar refractivity (Wildman–Crippen MR) is 54.8 cm³/mol. The summed E-state index contributed by atoms with van der Waals surface area (Å²) in [4.78, 5) is 24.1. The summed E-state index contributed by atoms with van der Waals surface area (Å²) in [6, 6.07) is 0. The summed E-state index contributed by atoms with van der Waals surface area (Å²) >= 11 is 0.983. The summed E-state index contributed by atoms with van der Waals surface area (Å²) < 4.78 is 4.98. The van der Waals surface area contributed by atoms with Crippen LogP contribution in [-0.4, -0.2) is 16.7 Å². The monoisotopic (exact) mass is 216 g/mol. The maximum atomic E-state index is 11.2. The van der Waals surface area contributed by atoms with Crippen molar-refractivity contribution in [2.75, 3.05) is 5.32 Å². The van der Waals surface area contributed by atoms with Gasteiger partial charge in [-0.2, -0.15) is 0 Å².